The third kappa shape index (κ3) is 25.2. The zero-order chi connectivity index (χ0) is 79.8. The van der Waals surface area contributed by atoms with E-state index in [1.54, 1.807) is 72.8 Å². The van der Waals surface area contributed by atoms with Gasteiger partial charge >= 0.3 is 31.8 Å². The molecule has 0 saturated carbocycles. The Morgan fingerprint density at radius 3 is 1.11 bits per heavy atom. The summed E-state index contributed by atoms with van der Waals surface area (Å²) in [5.41, 5.74) is 8.78. The van der Waals surface area contributed by atoms with Crippen molar-refractivity contribution in [3.8, 4) is 22.3 Å². The number of aliphatic hydroxyl groups is 1. The van der Waals surface area contributed by atoms with Crippen molar-refractivity contribution in [2.75, 3.05) is 6.61 Å². The van der Waals surface area contributed by atoms with Crippen LogP contribution in [0.3, 0.4) is 0 Å². The first kappa shape index (κ1) is 86.7. The van der Waals surface area contributed by atoms with Gasteiger partial charge in [0.05, 0.1) is 42.0 Å². The molecule has 0 bridgehead atoms. The molecular formula is C70H50B2Br3F14N9O10. The second kappa shape index (κ2) is 40.1. The molecule has 1 saturated heterocycles. The molecule has 19 nitrogen and oxygen atoms in total. The van der Waals surface area contributed by atoms with Gasteiger partial charge in [-0.2, -0.15) is 49.1 Å². The Kier molecular flexibility index (Phi) is 32.2. The van der Waals surface area contributed by atoms with Crippen molar-refractivity contribution in [2.45, 2.75) is 63.6 Å². The van der Waals surface area contributed by atoms with Crippen molar-refractivity contribution in [1.82, 2.24) is 39.7 Å². The predicted octanol–water partition coefficient (Wildman–Crippen LogP) is 13.8. The van der Waals surface area contributed by atoms with E-state index in [-0.39, 0.29) is 95.1 Å². The van der Waals surface area contributed by atoms with Crippen molar-refractivity contribution in [3.63, 3.8) is 0 Å². The van der Waals surface area contributed by atoms with Crippen LogP contribution in [-0.4, -0.2) is 112 Å². The second-order valence-electron chi connectivity index (χ2n) is 21.8. The molecule has 0 aliphatic carbocycles. The summed E-state index contributed by atoms with van der Waals surface area (Å²) >= 11 is 9.59. The number of carbonyl (C=O) groups excluding carboxylic acids is 6. The number of amides is 4. The normalized spacial score (nSPS) is 13.2. The van der Waals surface area contributed by atoms with Crippen molar-refractivity contribution in [1.29, 1.82) is 0 Å². The molecule has 5 N–H and O–H groups in total. The number of carbonyl (C=O) groups is 4. The average molecular weight is 1700 g/mol. The smallest absolute Gasteiger partial charge is 0.423 e. The van der Waals surface area contributed by atoms with Crippen LogP contribution in [0.5, 0.6) is 0 Å². The van der Waals surface area contributed by atoms with Crippen molar-refractivity contribution in [3.05, 3.63) is 287 Å². The Labute approximate surface area is 629 Å². The number of imide groups is 2. The molecule has 1 fully saturated rings. The first-order valence-corrected chi connectivity index (χ1v) is 32.9. The van der Waals surface area contributed by atoms with Crippen molar-refractivity contribution >= 4 is 98.0 Å². The molecule has 13 rings (SSSR count). The van der Waals surface area contributed by atoms with Gasteiger partial charge in [0, 0.05) is 109 Å². The fourth-order valence-corrected chi connectivity index (χ4v) is 10.2. The lowest BCUT2D eigenvalue weighted by Gasteiger charge is -2.15. The molecule has 7 aromatic carbocycles. The number of rotatable bonds is 9. The van der Waals surface area contributed by atoms with Gasteiger partial charge in [-0.05, 0) is 133 Å². The van der Waals surface area contributed by atoms with Gasteiger partial charge in [0.1, 0.15) is 36.9 Å². The fraction of sp³-hybridized carbons (Fsp3) is 0.157. The van der Waals surface area contributed by atoms with E-state index in [0.717, 1.165) is 69.0 Å². The first-order valence-electron chi connectivity index (χ1n) is 30.5. The topological polar surface area (TPSA) is 282 Å². The highest BCUT2D eigenvalue weighted by molar-refractivity contribution is 9.11. The van der Waals surface area contributed by atoms with Crippen LogP contribution in [0, 0.1) is 29.1 Å². The number of hydrogen-bond acceptors (Lipinski definition) is 17. The molecule has 4 amide bonds. The van der Waals surface area contributed by atoms with Crippen molar-refractivity contribution in [2.24, 2.45) is 5.73 Å². The Morgan fingerprint density at radius 1 is 0.481 bits per heavy atom. The van der Waals surface area contributed by atoms with E-state index < -0.39 is 72.4 Å². The minimum Gasteiger partial charge on any atom is -0.423 e. The summed E-state index contributed by atoms with van der Waals surface area (Å²) < 4.78 is 184. The number of halogens is 17. The predicted molar refractivity (Wildman–Crippen MR) is 369 cm³/mol. The van der Waals surface area contributed by atoms with E-state index in [9.17, 15) is 80.6 Å². The third-order valence-electron chi connectivity index (χ3n) is 14.4. The fourth-order valence-electron chi connectivity index (χ4n) is 9.12. The van der Waals surface area contributed by atoms with E-state index in [0.29, 0.717) is 55.8 Å². The number of aliphatic hydroxyl groups excluding tert-OH is 1. The Balaban J connectivity index is 0.000000206. The summed E-state index contributed by atoms with van der Waals surface area (Å²) in [4.78, 5) is 86.4. The van der Waals surface area contributed by atoms with Gasteiger partial charge in [0.15, 0.2) is 0 Å². The van der Waals surface area contributed by atoms with Gasteiger partial charge < -0.3 is 25.6 Å². The lowest BCUT2D eigenvalue weighted by molar-refractivity contribution is -0.191. The number of fused-ring (bicyclic) bond motifs is 2. The van der Waals surface area contributed by atoms with Crippen LogP contribution in [-0.2, 0) is 59.1 Å². The summed E-state index contributed by atoms with van der Waals surface area (Å²) in [5, 5.41) is 25.6. The van der Waals surface area contributed by atoms with Crippen LogP contribution in [0.25, 0.3) is 22.3 Å². The number of nitrogens with two attached hydrogens (primary N) is 1. The number of hydrogen-bond donors (Lipinski definition) is 4. The van der Waals surface area contributed by atoms with Gasteiger partial charge in [-0.15, -0.1) is 0 Å². The van der Waals surface area contributed by atoms with Crippen LogP contribution >= 0.6 is 47.8 Å². The molecule has 3 aliphatic heterocycles. The van der Waals surface area contributed by atoms with Gasteiger partial charge in [-0.1, -0.05) is 84.2 Å². The van der Waals surface area contributed by atoms with Gasteiger partial charge in [-0.25, -0.2) is 51.9 Å². The van der Waals surface area contributed by atoms with E-state index in [2.05, 4.69) is 77.7 Å². The second-order valence-corrected chi connectivity index (χ2v) is 24.5. The summed E-state index contributed by atoms with van der Waals surface area (Å²) in [6.45, 7) is 0.221. The molecule has 3 aromatic heterocycles. The standard InChI is InChI=1S/C20H11F4N3O2.C15H9BrFNO2.C12H9F4N3.C7H6BrFO.C6H4BrF.C5H4BF3N2O2.C4H7BO.CO2/c21-16-6-5-11(13-8-25-19(26-9-13)20(22,23)24)7-12(16)10-27-17(28)14-3-1-2-4-15(14)18(27)29;16-10-5-6-13(17)9(7-10)8-18-14(19)11-3-1-2-4-12(11)15(18)20;13-10-2-1-7(3-8(10)4-17)9-5-18-11(19-6-9)12(14,15)16;8-6-1-2-7(9)5(3-6)4-10;7-5-1-3-6(8)4-2-5;7-5(8,9)4-10-1-3(2-11-4)6(12)13;5-4-2-1-3-6-4;2-1-3/h1-9H,10H2;1-7H,8H2;1-3,5-6H,4,17H2;1-3,10H,4H2;1-4H;1-2,12-13H;4H,1-3H2;. The maximum Gasteiger partial charge on any atom is 0.491 e. The Hall–Kier alpha value is -10.2. The number of alkyl halides is 9. The summed E-state index contributed by atoms with van der Waals surface area (Å²) in [5.74, 6) is -7.76. The van der Waals surface area contributed by atoms with E-state index in [1.165, 1.54) is 66.7 Å². The maximum absolute atomic E-state index is 14.3. The number of benzene rings is 7. The molecule has 3 aliphatic rings. The summed E-state index contributed by atoms with van der Waals surface area (Å²) in [6.07, 6.45) is -5.96. The third-order valence-corrected chi connectivity index (χ3v) is 15.9. The van der Waals surface area contributed by atoms with Crippen LogP contribution in [0.2, 0.25) is 0 Å². The van der Waals surface area contributed by atoms with E-state index >= 15 is 0 Å². The summed E-state index contributed by atoms with van der Waals surface area (Å²) in [6, 6.07) is 35.9. The first-order chi connectivity index (χ1) is 51.0. The molecule has 2 radical (unpaired) electrons. The Bertz CT molecular complexity index is 4680. The maximum atomic E-state index is 14.3. The van der Waals surface area contributed by atoms with Crippen LogP contribution in [0.1, 0.15) is 94.0 Å². The monoisotopic (exact) mass is 1700 g/mol. The molecule has 560 valence electrons. The quantitative estimate of drug-likeness (QED) is 0.0593. The summed E-state index contributed by atoms with van der Waals surface area (Å²) in [7, 11) is 3.45. The van der Waals surface area contributed by atoms with Crippen LogP contribution in [0.15, 0.2) is 196 Å². The molecule has 108 heavy (non-hydrogen) atoms. The lowest BCUT2D eigenvalue weighted by atomic mass is 9.83. The highest BCUT2D eigenvalue weighted by Crippen LogP contribution is 2.33. The number of aromatic nitrogens is 6. The molecule has 6 heterocycles. The lowest BCUT2D eigenvalue weighted by Crippen LogP contribution is -2.31. The molecule has 10 aromatic rings. The molecule has 0 spiro atoms. The SMILES string of the molecule is Fc1ccc(Br)cc1.NCc1cc(-c2cnc(C(F)(F)F)nc2)ccc1F.O=C1c2ccccc2C(=O)N1Cc1cc(-c2cnc(C(F)(F)F)nc2)ccc1F.O=C1c2ccccc2C(=O)N1Cc1cc(Br)ccc1F.O=C=O.OB(O)c1cnc(C(F)(F)F)nc1.OCc1cc(Br)ccc1F.[B]C1CCCO1. The van der Waals surface area contributed by atoms with Crippen LogP contribution in [0.4, 0.5) is 61.5 Å². The van der Waals surface area contributed by atoms with Gasteiger partial charge in [-0.3, -0.25) is 29.0 Å². The average Bonchev–Trinajstić information content (AvgIpc) is 1.63. The van der Waals surface area contributed by atoms with Crippen LogP contribution < -0.4 is 11.2 Å². The molecular weight excluding hydrogens is 1650 g/mol. The highest BCUT2D eigenvalue weighted by atomic mass is 79.9. The molecule has 38 heteroatoms. The zero-order valence-corrected chi connectivity index (χ0v) is 59.5. The van der Waals surface area contributed by atoms with Crippen molar-refractivity contribution < 1.29 is 110 Å². The van der Waals surface area contributed by atoms with Gasteiger partial charge in [0.2, 0.25) is 17.5 Å². The van der Waals surface area contributed by atoms with Gasteiger partial charge in [0.25, 0.3) is 23.6 Å². The zero-order valence-electron chi connectivity index (χ0n) is 54.8. The van der Waals surface area contributed by atoms with E-state index in [4.69, 9.17) is 43.1 Å². The Morgan fingerprint density at radius 2 is 0.806 bits per heavy atom. The number of nitrogens with zero attached hydrogens (tertiary/aromatic N) is 8. The number of ether oxygens (including phenoxy) is 1. The minimum atomic E-state index is -4.67. The highest BCUT2D eigenvalue weighted by Gasteiger charge is 2.39. The minimum absolute atomic E-state index is 0.00116. The molecule has 1 unspecified atom stereocenters. The van der Waals surface area contributed by atoms with E-state index in [1.807, 2.05) is 0 Å². The largest absolute Gasteiger partial charge is 0.491 e. The molecule has 1 atom stereocenters.